The summed E-state index contributed by atoms with van der Waals surface area (Å²) in [7, 11) is 0. The molecule has 5 heteroatoms. The number of ether oxygens (including phenoxy) is 1. The topological polar surface area (TPSA) is 65.1 Å². The van der Waals surface area contributed by atoms with Crippen LogP contribution in [-0.4, -0.2) is 29.0 Å². The van der Waals surface area contributed by atoms with E-state index in [1.807, 2.05) is 0 Å². The van der Waals surface area contributed by atoms with Gasteiger partial charge >= 0.3 is 0 Å². The Hall–Kier alpha value is -0.910. The highest BCUT2D eigenvalue weighted by molar-refractivity contribution is 5.03. The van der Waals surface area contributed by atoms with Crippen LogP contribution in [0, 0.1) is 5.92 Å². The van der Waals surface area contributed by atoms with Crippen LogP contribution in [0.4, 0.5) is 0 Å². The molecule has 3 rings (SSSR count). The first-order valence-electron chi connectivity index (χ1n) is 7.94. The van der Waals surface area contributed by atoms with Crippen LogP contribution in [-0.2, 0) is 11.2 Å². The van der Waals surface area contributed by atoms with Crippen LogP contribution in [0.15, 0.2) is 12.3 Å². The molecule has 2 unspecified atom stereocenters. The second-order valence-electron chi connectivity index (χ2n) is 6.18. The van der Waals surface area contributed by atoms with E-state index in [1.54, 1.807) is 0 Å². The Morgan fingerprint density at radius 1 is 1.35 bits per heavy atom. The summed E-state index contributed by atoms with van der Waals surface area (Å²) in [6.07, 6.45) is 10.7. The Balaban J connectivity index is 1.60. The van der Waals surface area contributed by atoms with Crippen LogP contribution < -0.4 is 11.3 Å². The number of nitrogens with two attached hydrogens (primary N) is 1. The fourth-order valence-electron chi connectivity index (χ4n) is 3.49. The standard InChI is InChI=1S/C15H26N4O/c16-17-15(12-7-9-20-11-12)10-13-6-8-19(18-13)14-4-2-1-3-5-14/h6,8,12,14-15,17H,1-5,7,9-11,16H2. The second kappa shape index (κ2) is 6.70. The van der Waals surface area contributed by atoms with Crippen molar-refractivity contribution in [1.82, 2.24) is 15.2 Å². The van der Waals surface area contributed by atoms with Crippen LogP contribution in [0.5, 0.6) is 0 Å². The van der Waals surface area contributed by atoms with Crippen LogP contribution in [0.25, 0.3) is 0 Å². The molecule has 2 aliphatic rings. The highest BCUT2D eigenvalue weighted by atomic mass is 16.5. The molecule has 5 nitrogen and oxygen atoms in total. The highest BCUT2D eigenvalue weighted by Gasteiger charge is 2.26. The van der Waals surface area contributed by atoms with Crippen molar-refractivity contribution < 1.29 is 4.74 Å². The molecule has 1 aliphatic heterocycles. The van der Waals surface area contributed by atoms with Gasteiger partial charge in [0.1, 0.15) is 0 Å². The minimum Gasteiger partial charge on any atom is -0.381 e. The van der Waals surface area contributed by atoms with Crippen molar-refractivity contribution >= 4 is 0 Å². The first-order chi connectivity index (χ1) is 9.86. The van der Waals surface area contributed by atoms with Gasteiger partial charge in [-0.2, -0.15) is 5.10 Å². The summed E-state index contributed by atoms with van der Waals surface area (Å²) >= 11 is 0. The fraction of sp³-hybridized carbons (Fsp3) is 0.800. The molecule has 1 aromatic rings. The minimum atomic E-state index is 0.271. The molecule has 1 saturated heterocycles. The molecule has 0 amide bonds. The van der Waals surface area contributed by atoms with Gasteiger partial charge in [-0.1, -0.05) is 19.3 Å². The van der Waals surface area contributed by atoms with E-state index in [4.69, 9.17) is 15.7 Å². The van der Waals surface area contributed by atoms with Crippen molar-refractivity contribution in [3.63, 3.8) is 0 Å². The van der Waals surface area contributed by atoms with E-state index in [1.165, 1.54) is 32.1 Å². The van der Waals surface area contributed by atoms with Gasteiger partial charge in [-0.05, 0) is 25.3 Å². The zero-order valence-electron chi connectivity index (χ0n) is 12.1. The second-order valence-corrected chi connectivity index (χ2v) is 6.18. The average Bonchev–Trinajstić information content (AvgIpc) is 3.17. The Bertz CT molecular complexity index is 408. The number of nitrogens with zero attached hydrogens (tertiary/aromatic N) is 2. The van der Waals surface area contributed by atoms with E-state index < -0.39 is 0 Å². The summed E-state index contributed by atoms with van der Waals surface area (Å²) in [5, 5.41) is 4.77. The van der Waals surface area contributed by atoms with E-state index in [2.05, 4.69) is 22.4 Å². The zero-order valence-corrected chi connectivity index (χ0v) is 12.1. The van der Waals surface area contributed by atoms with Crippen LogP contribution >= 0.6 is 0 Å². The van der Waals surface area contributed by atoms with Crippen LogP contribution in [0.2, 0.25) is 0 Å². The van der Waals surface area contributed by atoms with Gasteiger partial charge in [-0.3, -0.25) is 16.0 Å². The van der Waals surface area contributed by atoms with Crippen molar-refractivity contribution in [2.45, 2.75) is 57.0 Å². The maximum absolute atomic E-state index is 5.71. The molecule has 112 valence electrons. The monoisotopic (exact) mass is 278 g/mol. The number of hydrogen-bond acceptors (Lipinski definition) is 4. The molecule has 1 aromatic heterocycles. The largest absolute Gasteiger partial charge is 0.381 e. The van der Waals surface area contributed by atoms with E-state index in [0.717, 1.165) is 31.7 Å². The minimum absolute atomic E-state index is 0.271. The molecule has 3 N–H and O–H groups in total. The summed E-state index contributed by atoms with van der Waals surface area (Å²) in [4.78, 5) is 0. The molecule has 1 aliphatic carbocycles. The third kappa shape index (κ3) is 3.22. The summed E-state index contributed by atoms with van der Waals surface area (Å²) < 4.78 is 7.63. The number of aromatic nitrogens is 2. The number of rotatable bonds is 5. The van der Waals surface area contributed by atoms with Gasteiger partial charge in [0, 0.05) is 31.2 Å². The summed E-state index contributed by atoms with van der Waals surface area (Å²) in [6.45, 7) is 1.68. The molecule has 2 heterocycles. The fourth-order valence-corrected chi connectivity index (χ4v) is 3.49. The smallest absolute Gasteiger partial charge is 0.0640 e. The lowest BCUT2D eigenvalue weighted by Gasteiger charge is -2.22. The summed E-state index contributed by atoms with van der Waals surface area (Å²) in [6, 6.07) is 3.03. The molecule has 0 spiro atoms. The summed E-state index contributed by atoms with van der Waals surface area (Å²) in [5.74, 6) is 6.22. The van der Waals surface area contributed by atoms with Crippen molar-refractivity contribution in [2.75, 3.05) is 13.2 Å². The Labute approximate surface area is 120 Å². The third-order valence-corrected chi connectivity index (χ3v) is 4.79. The first-order valence-corrected chi connectivity index (χ1v) is 7.94. The summed E-state index contributed by atoms with van der Waals surface area (Å²) in [5.41, 5.74) is 4.10. The van der Waals surface area contributed by atoms with Gasteiger partial charge in [-0.15, -0.1) is 0 Å². The van der Waals surface area contributed by atoms with E-state index in [-0.39, 0.29) is 6.04 Å². The quantitative estimate of drug-likeness (QED) is 0.637. The van der Waals surface area contributed by atoms with Gasteiger partial charge in [0.2, 0.25) is 0 Å². The molecular formula is C15H26N4O. The zero-order chi connectivity index (χ0) is 13.8. The predicted octanol–water partition coefficient (Wildman–Crippen LogP) is 1.80. The lowest BCUT2D eigenvalue weighted by Crippen LogP contribution is -2.42. The van der Waals surface area contributed by atoms with Gasteiger partial charge in [-0.25, -0.2) is 0 Å². The Kier molecular flexibility index (Phi) is 4.70. The number of hydrogen-bond donors (Lipinski definition) is 2. The normalized spacial score (nSPS) is 25.9. The van der Waals surface area contributed by atoms with E-state index in [0.29, 0.717) is 12.0 Å². The Morgan fingerprint density at radius 2 is 2.20 bits per heavy atom. The van der Waals surface area contributed by atoms with Crippen LogP contribution in [0.1, 0.15) is 50.3 Å². The maximum atomic E-state index is 5.71. The molecule has 2 fully saturated rings. The maximum Gasteiger partial charge on any atom is 0.0640 e. The lowest BCUT2D eigenvalue weighted by molar-refractivity contribution is 0.176. The SMILES string of the molecule is NNC(Cc1ccn(C2CCCCC2)n1)C1CCOC1. The lowest BCUT2D eigenvalue weighted by atomic mass is 9.95. The Morgan fingerprint density at radius 3 is 2.90 bits per heavy atom. The molecule has 0 bridgehead atoms. The van der Waals surface area contributed by atoms with Crippen molar-refractivity contribution in [2.24, 2.45) is 11.8 Å². The van der Waals surface area contributed by atoms with Crippen molar-refractivity contribution in [3.05, 3.63) is 18.0 Å². The highest BCUT2D eigenvalue weighted by Crippen LogP contribution is 2.27. The molecule has 2 atom stereocenters. The third-order valence-electron chi connectivity index (χ3n) is 4.79. The molecular weight excluding hydrogens is 252 g/mol. The molecule has 1 saturated carbocycles. The first kappa shape index (κ1) is 14.0. The van der Waals surface area contributed by atoms with Crippen LogP contribution in [0.3, 0.4) is 0 Å². The van der Waals surface area contributed by atoms with E-state index in [9.17, 15) is 0 Å². The molecule has 0 radical (unpaired) electrons. The molecule has 20 heavy (non-hydrogen) atoms. The average molecular weight is 278 g/mol. The predicted molar refractivity (Wildman–Crippen MR) is 78.1 cm³/mol. The van der Waals surface area contributed by atoms with Crippen molar-refractivity contribution in [1.29, 1.82) is 0 Å². The molecule has 0 aromatic carbocycles. The van der Waals surface area contributed by atoms with Gasteiger partial charge in [0.25, 0.3) is 0 Å². The number of hydrazine groups is 1. The van der Waals surface area contributed by atoms with E-state index >= 15 is 0 Å². The van der Waals surface area contributed by atoms with Gasteiger partial charge in [0.15, 0.2) is 0 Å². The van der Waals surface area contributed by atoms with Crippen molar-refractivity contribution in [3.8, 4) is 0 Å². The van der Waals surface area contributed by atoms with Gasteiger partial charge in [0.05, 0.1) is 18.3 Å². The number of nitrogens with one attached hydrogen (secondary N) is 1. The van der Waals surface area contributed by atoms with Gasteiger partial charge < -0.3 is 4.74 Å².